The number of carbonyl (C=O) groups is 1. The Labute approximate surface area is 89.6 Å². The largest absolute Gasteiger partial charge is 0.348 e. The molecule has 0 aliphatic heterocycles. The maximum atomic E-state index is 11.4. The molecule has 1 unspecified atom stereocenters. The topological polar surface area (TPSA) is 69.8 Å². The first-order chi connectivity index (χ1) is 7.09. The minimum Gasteiger partial charge on any atom is -0.348 e. The van der Waals surface area contributed by atoms with Crippen molar-refractivity contribution >= 4 is 5.91 Å². The second-order valence-corrected chi connectivity index (χ2v) is 3.86. The zero-order valence-electron chi connectivity index (χ0n) is 9.37. The SMILES string of the molecule is CC(C)NCC(=O)NC(C)c1cn[nH]c1. The molecule has 5 nitrogen and oxygen atoms in total. The lowest BCUT2D eigenvalue weighted by molar-refractivity contribution is -0.121. The monoisotopic (exact) mass is 210 g/mol. The molecule has 84 valence electrons. The number of rotatable bonds is 5. The Kier molecular flexibility index (Phi) is 4.30. The van der Waals surface area contributed by atoms with Gasteiger partial charge in [0, 0.05) is 17.8 Å². The number of hydrogen-bond donors (Lipinski definition) is 3. The summed E-state index contributed by atoms with van der Waals surface area (Å²) < 4.78 is 0. The maximum absolute atomic E-state index is 11.4. The molecule has 1 amide bonds. The van der Waals surface area contributed by atoms with Gasteiger partial charge >= 0.3 is 0 Å². The molecule has 1 atom stereocenters. The van der Waals surface area contributed by atoms with Gasteiger partial charge in [0.15, 0.2) is 0 Å². The molecule has 0 spiro atoms. The van der Waals surface area contributed by atoms with Crippen molar-refractivity contribution in [3.63, 3.8) is 0 Å². The molecule has 1 aromatic heterocycles. The minimum absolute atomic E-state index is 0.00241. The standard InChI is InChI=1S/C10H18N4O/c1-7(2)11-6-10(15)14-8(3)9-4-12-13-5-9/h4-5,7-8,11H,6H2,1-3H3,(H,12,13)(H,14,15). The summed E-state index contributed by atoms with van der Waals surface area (Å²) in [6.07, 6.45) is 3.49. The third-order valence-electron chi connectivity index (χ3n) is 2.07. The van der Waals surface area contributed by atoms with Gasteiger partial charge in [0.2, 0.25) is 5.91 Å². The Hall–Kier alpha value is -1.36. The summed E-state index contributed by atoms with van der Waals surface area (Å²) in [7, 11) is 0. The van der Waals surface area contributed by atoms with Gasteiger partial charge in [-0.2, -0.15) is 5.10 Å². The summed E-state index contributed by atoms with van der Waals surface area (Å²) in [5.41, 5.74) is 0.980. The van der Waals surface area contributed by atoms with Crippen LogP contribution in [0.15, 0.2) is 12.4 Å². The number of hydrogen-bond acceptors (Lipinski definition) is 3. The Balaban J connectivity index is 2.32. The molecule has 0 fully saturated rings. The molecule has 0 saturated carbocycles. The molecule has 0 aliphatic carbocycles. The zero-order valence-corrected chi connectivity index (χ0v) is 9.37. The summed E-state index contributed by atoms with van der Waals surface area (Å²) in [5.74, 6) is -0.00241. The molecule has 15 heavy (non-hydrogen) atoms. The van der Waals surface area contributed by atoms with E-state index < -0.39 is 0 Å². The molecular weight excluding hydrogens is 192 g/mol. The highest BCUT2D eigenvalue weighted by molar-refractivity contribution is 5.78. The van der Waals surface area contributed by atoms with E-state index in [1.165, 1.54) is 0 Å². The van der Waals surface area contributed by atoms with Crippen molar-refractivity contribution in [3.05, 3.63) is 18.0 Å². The smallest absolute Gasteiger partial charge is 0.234 e. The fraction of sp³-hybridized carbons (Fsp3) is 0.600. The molecule has 0 radical (unpaired) electrons. The van der Waals surface area contributed by atoms with Crippen LogP contribution in [0.4, 0.5) is 0 Å². The quantitative estimate of drug-likeness (QED) is 0.666. The van der Waals surface area contributed by atoms with Crippen LogP contribution in [-0.4, -0.2) is 28.7 Å². The number of nitrogens with one attached hydrogen (secondary N) is 3. The normalized spacial score (nSPS) is 12.8. The van der Waals surface area contributed by atoms with Crippen LogP contribution in [0.2, 0.25) is 0 Å². The number of H-pyrrole nitrogens is 1. The van der Waals surface area contributed by atoms with Gasteiger partial charge < -0.3 is 10.6 Å². The first-order valence-electron chi connectivity index (χ1n) is 5.11. The Bertz CT molecular complexity index is 294. The third-order valence-corrected chi connectivity index (χ3v) is 2.07. The Morgan fingerprint density at radius 2 is 2.27 bits per heavy atom. The van der Waals surface area contributed by atoms with Crippen LogP contribution in [0, 0.1) is 0 Å². The van der Waals surface area contributed by atoms with E-state index in [9.17, 15) is 4.79 Å². The van der Waals surface area contributed by atoms with Crippen LogP contribution in [0.3, 0.4) is 0 Å². The predicted octanol–water partition coefficient (Wildman–Crippen LogP) is 0.585. The second-order valence-electron chi connectivity index (χ2n) is 3.86. The van der Waals surface area contributed by atoms with Gasteiger partial charge in [0.1, 0.15) is 0 Å². The van der Waals surface area contributed by atoms with Gasteiger partial charge in [-0.3, -0.25) is 9.89 Å². The lowest BCUT2D eigenvalue weighted by Crippen LogP contribution is -2.37. The van der Waals surface area contributed by atoms with Crippen LogP contribution < -0.4 is 10.6 Å². The van der Waals surface area contributed by atoms with E-state index in [-0.39, 0.29) is 11.9 Å². The van der Waals surface area contributed by atoms with Gasteiger partial charge in [0.05, 0.1) is 18.8 Å². The average Bonchev–Trinajstić information content (AvgIpc) is 2.67. The van der Waals surface area contributed by atoms with Crippen molar-refractivity contribution in [1.82, 2.24) is 20.8 Å². The van der Waals surface area contributed by atoms with Crippen LogP contribution >= 0.6 is 0 Å². The van der Waals surface area contributed by atoms with Crippen molar-refractivity contribution in [1.29, 1.82) is 0 Å². The highest BCUT2D eigenvalue weighted by atomic mass is 16.1. The molecular formula is C10H18N4O. The molecule has 1 heterocycles. The van der Waals surface area contributed by atoms with Gasteiger partial charge in [-0.1, -0.05) is 13.8 Å². The van der Waals surface area contributed by atoms with E-state index in [1.807, 2.05) is 20.8 Å². The van der Waals surface area contributed by atoms with Crippen molar-refractivity contribution in [2.45, 2.75) is 32.9 Å². The summed E-state index contributed by atoms with van der Waals surface area (Å²) in [4.78, 5) is 11.4. The number of nitrogens with zero attached hydrogens (tertiary/aromatic N) is 1. The first kappa shape index (κ1) is 11.7. The van der Waals surface area contributed by atoms with Gasteiger partial charge in [0.25, 0.3) is 0 Å². The predicted molar refractivity (Wildman–Crippen MR) is 58.3 cm³/mol. The Morgan fingerprint density at radius 3 is 2.80 bits per heavy atom. The molecule has 3 N–H and O–H groups in total. The number of amides is 1. The van der Waals surface area contributed by atoms with Crippen molar-refractivity contribution in [3.8, 4) is 0 Å². The highest BCUT2D eigenvalue weighted by Crippen LogP contribution is 2.08. The lowest BCUT2D eigenvalue weighted by atomic mass is 10.2. The summed E-state index contributed by atoms with van der Waals surface area (Å²) in [5, 5.41) is 12.5. The van der Waals surface area contributed by atoms with Gasteiger partial charge in [-0.15, -0.1) is 0 Å². The molecule has 0 saturated heterocycles. The molecule has 0 aliphatic rings. The highest BCUT2D eigenvalue weighted by Gasteiger charge is 2.09. The lowest BCUT2D eigenvalue weighted by Gasteiger charge is -2.13. The summed E-state index contributed by atoms with van der Waals surface area (Å²) >= 11 is 0. The van der Waals surface area contributed by atoms with Crippen molar-refractivity contribution in [2.24, 2.45) is 0 Å². The Morgan fingerprint density at radius 1 is 1.53 bits per heavy atom. The second kappa shape index (κ2) is 5.50. The number of aromatic amines is 1. The van der Waals surface area contributed by atoms with E-state index in [4.69, 9.17) is 0 Å². The summed E-state index contributed by atoms with van der Waals surface area (Å²) in [6, 6.07) is 0.310. The van der Waals surface area contributed by atoms with Crippen LogP contribution in [0.25, 0.3) is 0 Å². The molecule has 0 aromatic carbocycles. The maximum Gasteiger partial charge on any atom is 0.234 e. The fourth-order valence-electron chi connectivity index (χ4n) is 1.17. The zero-order chi connectivity index (χ0) is 11.3. The number of carbonyl (C=O) groups excluding carboxylic acids is 1. The molecule has 1 rings (SSSR count). The van der Waals surface area contributed by atoms with Crippen molar-refractivity contribution < 1.29 is 4.79 Å². The van der Waals surface area contributed by atoms with E-state index in [1.54, 1.807) is 12.4 Å². The van der Waals surface area contributed by atoms with Crippen LogP contribution in [-0.2, 0) is 4.79 Å². The van der Waals surface area contributed by atoms with Crippen LogP contribution in [0.5, 0.6) is 0 Å². The first-order valence-corrected chi connectivity index (χ1v) is 5.11. The average molecular weight is 210 g/mol. The third kappa shape index (κ3) is 4.12. The molecule has 1 aromatic rings. The van der Waals surface area contributed by atoms with Crippen LogP contribution in [0.1, 0.15) is 32.4 Å². The van der Waals surface area contributed by atoms with E-state index in [2.05, 4.69) is 20.8 Å². The molecule has 0 bridgehead atoms. The van der Waals surface area contributed by atoms with Gasteiger partial charge in [-0.25, -0.2) is 0 Å². The van der Waals surface area contributed by atoms with E-state index >= 15 is 0 Å². The van der Waals surface area contributed by atoms with Gasteiger partial charge in [-0.05, 0) is 6.92 Å². The fourth-order valence-corrected chi connectivity index (χ4v) is 1.17. The van der Waals surface area contributed by atoms with Crippen molar-refractivity contribution in [2.75, 3.05) is 6.54 Å². The van der Waals surface area contributed by atoms with E-state index in [0.717, 1.165) is 5.56 Å². The number of aromatic nitrogens is 2. The molecule has 5 heteroatoms. The minimum atomic E-state index is -0.00906. The summed E-state index contributed by atoms with van der Waals surface area (Å²) in [6.45, 7) is 6.29. The van der Waals surface area contributed by atoms with E-state index in [0.29, 0.717) is 12.6 Å².